The largest absolute Gasteiger partial charge is 0.295 e. The van der Waals surface area contributed by atoms with Crippen LogP contribution >= 0.6 is 0 Å². The highest BCUT2D eigenvalue weighted by atomic mass is 32.2. The van der Waals surface area contributed by atoms with Gasteiger partial charge in [-0.25, -0.2) is 12.7 Å². The van der Waals surface area contributed by atoms with Crippen LogP contribution in [0.25, 0.3) is 0 Å². The zero-order valence-corrected chi connectivity index (χ0v) is 17.1. The average molecular weight is 407 g/mol. The van der Waals surface area contributed by atoms with Crippen molar-refractivity contribution < 1.29 is 18.0 Å². The third kappa shape index (κ3) is 2.78. The van der Waals surface area contributed by atoms with Gasteiger partial charge in [0, 0.05) is 17.9 Å². The van der Waals surface area contributed by atoms with Crippen LogP contribution in [0.1, 0.15) is 23.1 Å². The van der Waals surface area contributed by atoms with E-state index in [9.17, 15) is 18.0 Å². The van der Waals surface area contributed by atoms with Gasteiger partial charge in [-0.2, -0.15) is 0 Å². The third-order valence-corrected chi connectivity index (χ3v) is 7.57. The molecule has 1 amide bonds. The summed E-state index contributed by atoms with van der Waals surface area (Å²) >= 11 is 0. The summed E-state index contributed by atoms with van der Waals surface area (Å²) in [4.78, 5) is 25.4. The number of ketones is 1. The van der Waals surface area contributed by atoms with Gasteiger partial charge in [0.15, 0.2) is 5.78 Å². The Morgan fingerprint density at radius 1 is 0.966 bits per heavy atom. The number of carbonyl (C=O) groups is 2. The van der Waals surface area contributed by atoms with Crippen molar-refractivity contribution in [3.05, 3.63) is 89.5 Å². The number of carbonyl (C=O) groups excluding carboxylic acids is 2. The number of hydrogen-bond donors (Lipinski definition) is 0. The number of amides is 1. The second-order valence-corrected chi connectivity index (χ2v) is 9.45. The van der Waals surface area contributed by atoms with Crippen molar-refractivity contribution in [2.45, 2.75) is 30.7 Å². The van der Waals surface area contributed by atoms with Crippen molar-refractivity contribution in [3.63, 3.8) is 0 Å². The van der Waals surface area contributed by atoms with Gasteiger partial charge in [0.25, 0.3) is 15.9 Å². The predicted octanol–water partition coefficient (Wildman–Crippen LogP) is 3.43. The summed E-state index contributed by atoms with van der Waals surface area (Å²) < 4.78 is 28.2. The standard InChI is InChI=1S/C23H21NO4S/c1-15-4-8-18(9-5-15)23-13-12-19(25)14-21(23)17(3)22(26)24(23)29(27,28)20-10-6-16(2)7-11-20/h4-13,21H,3,14H2,1-2H3/t21?,23-/m0/s1. The van der Waals surface area contributed by atoms with Crippen molar-refractivity contribution in [3.8, 4) is 0 Å². The molecule has 0 N–H and O–H groups in total. The van der Waals surface area contributed by atoms with E-state index >= 15 is 0 Å². The van der Waals surface area contributed by atoms with Gasteiger partial charge in [0.05, 0.1) is 4.90 Å². The lowest BCUT2D eigenvalue weighted by Crippen LogP contribution is -2.50. The van der Waals surface area contributed by atoms with E-state index < -0.39 is 27.4 Å². The number of fused-ring (bicyclic) bond motifs is 1. The fraction of sp³-hybridized carbons (Fsp3) is 0.217. The molecule has 1 aliphatic carbocycles. The van der Waals surface area contributed by atoms with Crippen LogP contribution in [-0.4, -0.2) is 24.4 Å². The molecular formula is C23H21NO4S. The molecule has 2 aromatic carbocycles. The van der Waals surface area contributed by atoms with E-state index in [0.717, 1.165) is 15.4 Å². The van der Waals surface area contributed by atoms with Crippen LogP contribution in [0, 0.1) is 19.8 Å². The van der Waals surface area contributed by atoms with E-state index in [-0.39, 0.29) is 22.7 Å². The van der Waals surface area contributed by atoms with Crippen molar-refractivity contribution in [1.82, 2.24) is 4.31 Å². The molecular weight excluding hydrogens is 386 g/mol. The number of rotatable bonds is 3. The highest BCUT2D eigenvalue weighted by Gasteiger charge is 2.60. The molecule has 1 fully saturated rings. The minimum Gasteiger partial charge on any atom is -0.295 e. The van der Waals surface area contributed by atoms with Gasteiger partial charge in [0.1, 0.15) is 5.54 Å². The van der Waals surface area contributed by atoms with E-state index in [1.165, 1.54) is 18.2 Å². The van der Waals surface area contributed by atoms with E-state index in [2.05, 4.69) is 6.58 Å². The molecule has 0 spiro atoms. The first-order chi connectivity index (χ1) is 13.7. The Labute approximate surface area is 170 Å². The molecule has 1 unspecified atom stereocenters. The molecule has 4 rings (SSSR count). The van der Waals surface area contributed by atoms with Gasteiger partial charge < -0.3 is 0 Å². The van der Waals surface area contributed by atoms with Crippen LogP contribution in [0.3, 0.4) is 0 Å². The van der Waals surface area contributed by atoms with Crippen molar-refractivity contribution in [1.29, 1.82) is 0 Å². The molecule has 6 heteroatoms. The monoisotopic (exact) mass is 407 g/mol. The molecule has 1 aliphatic heterocycles. The Kier molecular flexibility index (Phi) is 4.35. The predicted molar refractivity (Wildman–Crippen MR) is 109 cm³/mol. The zero-order valence-electron chi connectivity index (χ0n) is 16.3. The molecule has 0 saturated carbocycles. The van der Waals surface area contributed by atoms with E-state index in [1.54, 1.807) is 18.2 Å². The number of nitrogens with zero attached hydrogens (tertiary/aromatic N) is 1. The minimum atomic E-state index is -4.18. The lowest BCUT2D eigenvalue weighted by atomic mass is 9.72. The van der Waals surface area contributed by atoms with Crippen LogP contribution < -0.4 is 0 Å². The quantitative estimate of drug-likeness (QED) is 0.731. The number of hydrogen-bond acceptors (Lipinski definition) is 4. The van der Waals surface area contributed by atoms with Crippen LogP contribution in [0.5, 0.6) is 0 Å². The highest BCUT2D eigenvalue weighted by molar-refractivity contribution is 7.89. The second-order valence-electron chi connectivity index (χ2n) is 7.66. The number of benzene rings is 2. The van der Waals surface area contributed by atoms with Gasteiger partial charge in [-0.15, -0.1) is 0 Å². The molecule has 148 valence electrons. The zero-order chi connectivity index (χ0) is 21.0. The summed E-state index contributed by atoms with van der Waals surface area (Å²) in [5.74, 6) is -1.47. The van der Waals surface area contributed by atoms with Crippen molar-refractivity contribution in [2.75, 3.05) is 0 Å². The summed E-state index contributed by atoms with van der Waals surface area (Å²) in [6, 6.07) is 13.7. The fourth-order valence-electron chi connectivity index (χ4n) is 4.17. The second kappa shape index (κ2) is 6.52. The first-order valence-electron chi connectivity index (χ1n) is 9.32. The Balaban J connectivity index is 2.00. The SMILES string of the molecule is C=C1C(=O)N(S(=O)(=O)c2ccc(C)cc2)[C@]2(c3ccc(C)cc3)C=CC(=O)CC12. The number of aryl methyl sites for hydroxylation is 2. The maximum atomic E-state index is 13.6. The van der Waals surface area contributed by atoms with Gasteiger partial charge in [0.2, 0.25) is 0 Å². The first-order valence-corrected chi connectivity index (χ1v) is 10.8. The van der Waals surface area contributed by atoms with E-state index in [1.807, 2.05) is 38.1 Å². The first kappa shape index (κ1) is 19.3. The maximum absolute atomic E-state index is 13.6. The summed E-state index contributed by atoms with van der Waals surface area (Å²) in [6.45, 7) is 7.66. The van der Waals surface area contributed by atoms with Crippen LogP contribution in [0.4, 0.5) is 0 Å². The van der Waals surface area contributed by atoms with Gasteiger partial charge in [-0.3, -0.25) is 9.59 Å². The average Bonchev–Trinajstić information content (AvgIpc) is 2.91. The molecule has 1 saturated heterocycles. The summed E-state index contributed by atoms with van der Waals surface area (Å²) in [7, 11) is -4.18. The summed E-state index contributed by atoms with van der Waals surface area (Å²) in [5.41, 5.74) is 1.39. The topological polar surface area (TPSA) is 71.5 Å². The maximum Gasteiger partial charge on any atom is 0.267 e. The smallest absolute Gasteiger partial charge is 0.267 e. The molecule has 2 atom stereocenters. The number of sulfonamides is 1. The highest BCUT2D eigenvalue weighted by Crippen LogP contribution is 2.53. The Morgan fingerprint density at radius 3 is 2.10 bits per heavy atom. The van der Waals surface area contributed by atoms with Gasteiger partial charge in [-0.1, -0.05) is 54.1 Å². The lowest BCUT2D eigenvalue weighted by molar-refractivity contribution is -0.123. The molecule has 2 aliphatic rings. The Morgan fingerprint density at radius 2 is 1.52 bits per heavy atom. The fourth-order valence-corrected chi connectivity index (χ4v) is 5.88. The Bertz CT molecular complexity index is 1160. The normalized spacial score (nSPS) is 24.1. The van der Waals surface area contributed by atoms with Gasteiger partial charge >= 0.3 is 0 Å². The molecule has 29 heavy (non-hydrogen) atoms. The molecule has 0 radical (unpaired) electrons. The van der Waals surface area contributed by atoms with E-state index in [0.29, 0.717) is 5.56 Å². The lowest BCUT2D eigenvalue weighted by Gasteiger charge is -2.40. The van der Waals surface area contributed by atoms with E-state index in [4.69, 9.17) is 0 Å². The molecule has 2 aromatic rings. The molecule has 0 aromatic heterocycles. The Hall–Kier alpha value is -2.99. The molecule has 1 heterocycles. The minimum absolute atomic E-state index is 0.0293. The molecule has 0 bridgehead atoms. The van der Waals surface area contributed by atoms with Crippen LogP contribution in [-0.2, 0) is 25.2 Å². The number of allylic oxidation sites excluding steroid dienone is 1. The van der Waals surface area contributed by atoms with Crippen LogP contribution in [0.15, 0.2) is 77.7 Å². The summed E-state index contributed by atoms with van der Waals surface area (Å²) in [5, 5.41) is 0. The van der Waals surface area contributed by atoms with Crippen LogP contribution in [0.2, 0.25) is 0 Å². The molecule has 5 nitrogen and oxygen atoms in total. The van der Waals surface area contributed by atoms with Crippen molar-refractivity contribution >= 4 is 21.7 Å². The van der Waals surface area contributed by atoms with Gasteiger partial charge in [-0.05, 0) is 43.7 Å². The van der Waals surface area contributed by atoms with Crippen molar-refractivity contribution in [2.24, 2.45) is 5.92 Å². The third-order valence-electron chi connectivity index (χ3n) is 5.75. The summed E-state index contributed by atoms with van der Waals surface area (Å²) in [6.07, 6.45) is 2.96.